The van der Waals surface area contributed by atoms with E-state index >= 15 is 0 Å². The van der Waals surface area contributed by atoms with E-state index in [-0.39, 0.29) is 5.88 Å². The second-order valence-corrected chi connectivity index (χ2v) is 2.08. The van der Waals surface area contributed by atoms with Crippen LogP contribution in [0.2, 0.25) is 0 Å². The number of rotatable bonds is 4. The van der Waals surface area contributed by atoms with Gasteiger partial charge in [-0.05, 0) is 6.08 Å². The Morgan fingerprint density at radius 2 is 2.00 bits per heavy atom. The van der Waals surface area contributed by atoms with E-state index in [4.69, 9.17) is 11.5 Å². The average Bonchev–Trinajstić information content (AvgIpc) is 2.11. The Bertz CT molecular complexity index is 211. The topological polar surface area (TPSA) is 81.6 Å². The Morgan fingerprint density at radius 3 is 2.42 bits per heavy atom. The molecule has 0 fully saturated rings. The zero-order valence-corrected chi connectivity index (χ0v) is 7.15. The van der Waals surface area contributed by atoms with Crippen molar-refractivity contribution in [3.05, 3.63) is 23.9 Å². The van der Waals surface area contributed by atoms with E-state index in [9.17, 15) is 4.79 Å². The van der Waals surface area contributed by atoms with Crippen LogP contribution in [0.1, 0.15) is 0 Å². The molecule has 0 aliphatic rings. The number of hydrogen-bond donors (Lipinski definition) is 2. The zero-order valence-electron chi connectivity index (χ0n) is 7.15. The molecule has 0 bridgehead atoms. The van der Waals surface area contributed by atoms with Crippen LogP contribution in [0.25, 0.3) is 0 Å². The molecule has 68 valence electrons. The predicted octanol–water partition coefficient (Wildman–Crippen LogP) is -0.679. The Kier molecular flexibility index (Phi) is 4.36. The van der Waals surface area contributed by atoms with E-state index in [0.717, 1.165) is 0 Å². The summed E-state index contributed by atoms with van der Waals surface area (Å²) in [6.45, 7) is 0. The number of amides is 1. The fourth-order valence-corrected chi connectivity index (χ4v) is 0.414. The van der Waals surface area contributed by atoms with Gasteiger partial charge in [-0.15, -0.1) is 0 Å². The third kappa shape index (κ3) is 3.50. The molecule has 5 nitrogen and oxygen atoms in total. The fraction of sp³-hybridized carbons (Fsp3) is 0.286. The van der Waals surface area contributed by atoms with Crippen molar-refractivity contribution < 1.29 is 9.53 Å². The summed E-state index contributed by atoms with van der Waals surface area (Å²) in [5.74, 6) is 0.530. The number of hydrogen-bond acceptors (Lipinski definition) is 4. The molecule has 4 N–H and O–H groups in total. The van der Waals surface area contributed by atoms with Gasteiger partial charge in [0.25, 0.3) is 0 Å². The summed E-state index contributed by atoms with van der Waals surface area (Å²) in [6, 6.07) is 0. The maximum Gasteiger partial charge on any atom is 0.214 e. The Morgan fingerprint density at radius 1 is 1.42 bits per heavy atom. The average molecular weight is 171 g/mol. The number of nitrogens with zero attached hydrogens (tertiary/aromatic N) is 1. The van der Waals surface area contributed by atoms with Crippen LogP contribution in [-0.4, -0.2) is 25.5 Å². The van der Waals surface area contributed by atoms with Gasteiger partial charge in [-0.1, -0.05) is 0 Å². The summed E-state index contributed by atoms with van der Waals surface area (Å²) in [6.07, 6.45) is 3.55. The van der Waals surface area contributed by atoms with Crippen LogP contribution >= 0.6 is 0 Å². The molecule has 1 amide bonds. The molecule has 0 aromatic heterocycles. The Labute approximate surface area is 71.3 Å². The number of allylic oxidation sites excluding steroid dienone is 2. The van der Waals surface area contributed by atoms with Crippen LogP contribution in [0.4, 0.5) is 0 Å². The van der Waals surface area contributed by atoms with Gasteiger partial charge in [0, 0.05) is 13.1 Å². The lowest BCUT2D eigenvalue weighted by Gasteiger charge is -2.08. The third-order valence-corrected chi connectivity index (χ3v) is 1.22. The monoisotopic (exact) mass is 171 g/mol. The lowest BCUT2D eigenvalue weighted by Crippen LogP contribution is -2.21. The summed E-state index contributed by atoms with van der Waals surface area (Å²) in [5, 5.41) is 0. The predicted molar refractivity (Wildman–Crippen MR) is 45.4 cm³/mol. The van der Waals surface area contributed by atoms with Gasteiger partial charge in [0.2, 0.25) is 6.41 Å². The SMILES string of the molecule is CO/C(N)=C/C=C(\N)N(C)C=O. The van der Waals surface area contributed by atoms with Crippen molar-refractivity contribution in [3.63, 3.8) is 0 Å². The number of nitrogens with two attached hydrogens (primary N) is 2. The number of carbonyl (C=O) groups is 1. The Balaban J connectivity index is 4.26. The molecule has 0 atom stereocenters. The molecule has 5 heteroatoms. The minimum atomic E-state index is 0.234. The maximum absolute atomic E-state index is 10.2. The lowest BCUT2D eigenvalue weighted by molar-refractivity contribution is -0.115. The molecular weight excluding hydrogens is 158 g/mol. The molecule has 0 rings (SSSR count). The van der Waals surface area contributed by atoms with Gasteiger partial charge in [0.05, 0.1) is 7.11 Å². The third-order valence-electron chi connectivity index (χ3n) is 1.22. The highest BCUT2D eigenvalue weighted by Gasteiger charge is 1.93. The van der Waals surface area contributed by atoms with Crippen LogP contribution in [0.5, 0.6) is 0 Å². The highest BCUT2D eigenvalue weighted by molar-refractivity contribution is 5.50. The highest BCUT2D eigenvalue weighted by Crippen LogP contribution is 1.91. The standard InChI is InChI=1S/C7H13N3O2/c1-10(5-11)6(8)3-4-7(9)12-2/h3-5H,8-9H2,1-2H3/b6-3+,7-4+. The molecule has 0 saturated heterocycles. The second kappa shape index (κ2) is 5.06. The first kappa shape index (κ1) is 10.3. The van der Waals surface area contributed by atoms with Crippen molar-refractivity contribution in [2.24, 2.45) is 11.5 Å². The van der Waals surface area contributed by atoms with Gasteiger partial charge in [-0.3, -0.25) is 4.79 Å². The van der Waals surface area contributed by atoms with Gasteiger partial charge >= 0.3 is 0 Å². The zero-order chi connectivity index (χ0) is 9.56. The molecule has 0 aromatic carbocycles. The molecule has 0 heterocycles. The van der Waals surface area contributed by atoms with Crippen LogP contribution in [0.3, 0.4) is 0 Å². The molecule has 12 heavy (non-hydrogen) atoms. The molecule has 0 aliphatic carbocycles. The molecular formula is C7H13N3O2. The quantitative estimate of drug-likeness (QED) is 0.333. The van der Waals surface area contributed by atoms with Crippen molar-refractivity contribution in [2.45, 2.75) is 0 Å². The summed E-state index contributed by atoms with van der Waals surface area (Å²) < 4.78 is 4.65. The van der Waals surface area contributed by atoms with E-state index in [1.165, 1.54) is 31.2 Å². The normalized spacial score (nSPS) is 12.5. The van der Waals surface area contributed by atoms with E-state index < -0.39 is 0 Å². The lowest BCUT2D eigenvalue weighted by atomic mass is 10.5. The van der Waals surface area contributed by atoms with Crippen LogP contribution in [0.15, 0.2) is 23.9 Å². The van der Waals surface area contributed by atoms with Crippen molar-refractivity contribution in [1.82, 2.24) is 4.90 Å². The summed E-state index contributed by atoms with van der Waals surface area (Å²) >= 11 is 0. The van der Waals surface area contributed by atoms with Crippen LogP contribution in [-0.2, 0) is 9.53 Å². The van der Waals surface area contributed by atoms with Gasteiger partial charge in [-0.25, -0.2) is 0 Å². The smallest absolute Gasteiger partial charge is 0.214 e. The van der Waals surface area contributed by atoms with Crippen molar-refractivity contribution >= 4 is 6.41 Å². The minimum absolute atomic E-state index is 0.234. The molecule has 0 unspecified atom stereocenters. The molecule has 0 spiro atoms. The van der Waals surface area contributed by atoms with Gasteiger partial charge < -0.3 is 21.1 Å². The first-order valence-corrected chi connectivity index (χ1v) is 3.27. The van der Waals surface area contributed by atoms with Crippen LogP contribution < -0.4 is 11.5 Å². The highest BCUT2D eigenvalue weighted by atomic mass is 16.5. The number of methoxy groups -OCH3 is 1. The van der Waals surface area contributed by atoms with E-state index in [0.29, 0.717) is 12.2 Å². The summed E-state index contributed by atoms with van der Waals surface area (Å²) in [7, 11) is 2.98. The van der Waals surface area contributed by atoms with E-state index in [1.807, 2.05) is 0 Å². The summed E-state index contributed by atoms with van der Waals surface area (Å²) in [5.41, 5.74) is 10.7. The van der Waals surface area contributed by atoms with Gasteiger partial charge in [0.15, 0.2) is 5.88 Å². The minimum Gasteiger partial charge on any atom is -0.483 e. The van der Waals surface area contributed by atoms with Crippen molar-refractivity contribution in [3.8, 4) is 0 Å². The van der Waals surface area contributed by atoms with Crippen molar-refractivity contribution in [2.75, 3.05) is 14.2 Å². The first-order valence-electron chi connectivity index (χ1n) is 3.27. The first-order chi connectivity index (χ1) is 5.61. The summed E-state index contributed by atoms with van der Waals surface area (Å²) in [4.78, 5) is 11.4. The molecule has 0 saturated carbocycles. The van der Waals surface area contributed by atoms with E-state index in [1.54, 1.807) is 0 Å². The van der Waals surface area contributed by atoms with Crippen LogP contribution in [0, 0.1) is 0 Å². The number of carbonyl (C=O) groups excluding carboxylic acids is 1. The van der Waals surface area contributed by atoms with Crippen molar-refractivity contribution in [1.29, 1.82) is 0 Å². The maximum atomic E-state index is 10.2. The fourth-order valence-electron chi connectivity index (χ4n) is 0.414. The van der Waals surface area contributed by atoms with E-state index in [2.05, 4.69) is 4.74 Å². The molecule has 0 radical (unpaired) electrons. The largest absolute Gasteiger partial charge is 0.483 e. The molecule has 0 aliphatic heterocycles. The van der Waals surface area contributed by atoms with Gasteiger partial charge in [-0.2, -0.15) is 0 Å². The second-order valence-electron chi connectivity index (χ2n) is 2.08. The molecule has 0 aromatic rings. The van der Waals surface area contributed by atoms with Gasteiger partial charge in [0.1, 0.15) is 5.82 Å². The Hall–Kier alpha value is -1.65. The number of ether oxygens (including phenoxy) is 1.